The highest BCUT2D eigenvalue weighted by Crippen LogP contribution is 2.15. The molecule has 0 aromatic carbocycles. The van der Waals surface area contributed by atoms with Crippen molar-refractivity contribution in [3.05, 3.63) is 24.5 Å². The largest absolute Gasteiger partial charge is 0.262 e. The second-order valence-electron chi connectivity index (χ2n) is 2.47. The van der Waals surface area contributed by atoms with Crippen molar-refractivity contribution in [1.82, 2.24) is 4.98 Å². The fourth-order valence-electron chi connectivity index (χ4n) is 1.07. The van der Waals surface area contributed by atoms with Gasteiger partial charge < -0.3 is 0 Å². The molecule has 62 valence electrons. The summed E-state index contributed by atoms with van der Waals surface area (Å²) < 4.78 is 0. The average Bonchev–Trinajstić information content (AvgIpc) is 2.53. The molecule has 1 aromatic rings. The standard InChI is InChI=1S/C8H9N3O/c1-7-10-6-12-11(7)8-3-2-4-9-5-8/h2-5H,6H2,1H3. The molecule has 0 unspecified atom stereocenters. The van der Waals surface area contributed by atoms with Crippen molar-refractivity contribution < 1.29 is 4.84 Å². The third-order valence-corrected chi connectivity index (χ3v) is 1.65. The van der Waals surface area contributed by atoms with Gasteiger partial charge in [0.2, 0.25) is 0 Å². The molecule has 2 rings (SSSR count). The van der Waals surface area contributed by atoms with Crippen LogP contribution in [0.25, 0.3) is 0 Å². The Labute approximate surface area is 70.5 Å². The zero-order valence-electron chi connectivity index (χ0n) is 6.77. The molecule has 0 saturated carbocycles. The number of anilines is 1. The van der Waals surface area contributed by atoms with Gasteiger partial charge in [-0.2, -0.15) is 0 Å². The van der Waals surface area contributed by atoms with E-state index >= 15 is 0 Å². The fourth-order valence-corrected chi connectivity index (χ4v) is 1.07. The van der Waals surface area contributed by atoms with Gasteiger partial charge >= 0.3 is 0 Å². The summed E-state index contributed by atoms with van der Waals surface area (Å²) in [7, 11) is 0. The normalized spacial score (nSPS) is 16.4. The van der Waals surface area contributed by atoms with Gasteiger partial charge in [0.15, 0.2) is 6.73 Å². The third-order valence-electron chi connectivity index (χ3n) is 1.65. The molecular weight excluding hydrogens is 154 g/mol. The Morgan fingerprint density at radius 1 is 1.58 bits per heavy atom. The summed E-state index contributed by atoms with van der Waals surface area (Å²) in [5, 5.41) is 1.67. The van der Waals surface area contributed by atoms with Gasteiger partial charge in [0.1, 0.15) is 5.84 Å². The molecule has 0 amide bonds. The molecule has 0 aliphatic carbocycles. The Morgan fingerprint density at radius 2 is 2.50 bits per heavy atom. The van der Waals surface area contributed by atoms with E-state index in [2.05, 4.69) is 9.98 Å². The first-order chi connectivity index (χ1) is 5.88. The summed E-state index contributed by atoms with van der Waals surface area (Å²) in [6, 6.07) is 3.79. The van der Waals surface area contributed by atoms with Gasteiger partial charge in [-0.3, -0.25) is 4.98 Å². The molecule has 0 spiro atoms. The molecule has 0 N–H and O–H groups in total. The molecule has 0 fully saturated rings. The van der Waals surface area contributed by atoms with Crippen molar-refractivity contribution >= 4 is 11.5 Å². The third kappa shape index (κ3) is 1.16. The van der Waals surface area contributed by atoms with E-state index in [1.807, 2.05) is 19.1 Å². The first-order valence-electron chi connectivity index (χ1n) is 3.72. The minimum Gasteiger partial charge on any atom is -0.262 e. The van der Waals surface area contributed by atoms with E-state index in [-0.39, 0.29) is 0 Å². The molecule has 4 heteroatoms. The van der Waals surface area contributed by atoms with Gasteiger partial charge in [-0.05, 0) is 19.1 Å². The topological polar surface area (TPSA) is 37.7 Å². The number of hydrogen-bond acceptors (Lipinski definition) is 4. The predicted molar refractivity (Wildman–Crippen MR) is 45.8 cm³/mol. The maximum absolute atomic E-state index is 5.24. The van der Waals surface area contributed by atoms with Crippen LogP contribution in [-0.2, 0) is 4.84 Å². The molecule has 2 heterocycles. The second kappa shape index (κ2) is 2.91. The molecule has 1 aromatic heterocycles. The van der Waals surface area contributed by atoms with Gasteiger partial charge in [0, 0.05) is 6.20 Å². The van der Waals surface area contributed by atoms with Crippen LogP contribution in [0.5, 0.6) is 0 Å². The van der Waals surface area contributed by atoms with Crippen molar-refractivity contribution in [2.75, 3.05) is 11.8 Å². The maximum Gasteiger partial charge on any atom is 0.167 e. The Bertz CT molecular complexity index is 296. The highest BCUT2D eigenvalue weighted by Gasteiger charge is 2.14. The minimum atomic E-state index is 0.403. The molecule has 0 bridgehead atoms. The van der Waals surface area contributed by atoms with E-state index in [4.69, 9.17) is 4.84 Å². The van der Waals surface area contributed by atoms with Crippen LogP contribution >= 0.6 is 0 Å². The number of hydroxylamine groups is 1. The summed E-state index contributed by atoms with van der Waals surface area (Å²) in [4.78, 5) is 13.3. The Balaban J connectivity index is 2.27. The molecule has 0 atom stereocenters. The Morgan fingerprint density at radius 3 is 3.08 bits per heavy atom. The Hall–Kier alpha value is -1.42. The summed E-state index contributed by atoms with van der Waals surface area (Å²) in [6.07, 6.45) is 3.47. The number of aromatic nitrogens is 1. The summed E-state index contributed by atoms with van der Waals surface area (Å²) in [5.74, 6) is 0.864. The lowest BCUT2D eigenvalue weighted by Gasteiger charge is -2.14. The van der Waals surface area contributed by atoms with Crippen LogP contribution in [0.3, 0.4) is 0 Å². The van der Waals surface area contributed by atoms with Gasteiger partial charge in [-0.1, -0.05) is 0 Å². The number of pyridine rings is 1. The number of nitrogens with zero attached hydrogens (tertiary/aromatic N) is 3. The van der Waals surface area contributed by atoms with E-state index in [1.165, 1.54) is 0 Å². The summed E-state index contributed by atoms with van der Waals surface area (Å²) >= 11 is 0. The van der Waals surface area contributed by atoms with Crippen LogP contribution in [0.4, 0.5) is 5.69 Å². The summed E-state index contributed by atoms with van der Waals surface area (Å²) in [5.41, 5.74) is 0.913. The number of hydrogen-bond donors (Lipinski definition) is 0. The molecule has 1 aliphatic heterocycles. The fraction of sp³-hybridized carbons (Fsp3) is 0.250. The lowest BCUT2D eigenvalue weighted by Crippen LogP contribution is -2.22. The van der Waals surface area contributed by atoms with Gasteiger partial charge in [0.05, 0.1) is 11.9 Å². The van der Waals surface area contributed by atoms with Gasteiger partial charge in [-0.25, -0.2) is 14.9 Å². The highest BCUT2D eigenvalue weighted by molar-refractivity contribution is 5.94. The summed E-state index contributed by atoms with van der Waals surface area (Å²) in [6.45, 7) is 2.31. The van der Waals surface area contributed by atoms with E-state index in [9.17, 15) is 0 Å². The molecule has 4 nitrogen and oxygen atoms in total. The zero-order chi connectivity index (χ0) is 8.39. The smallest absolute Gasteiger partial charge is 0.167 e. The van der Waals surface area contributed by atoms with Crippen molar-refractivity contribution in [3.63, 3.8) is 0 Å². The van der Waals surface area contributed by atoms with Gasteiger partial charge in [0.25, 0.3) is 0 Å². The van der Waals surface area contributed by atoms with Crippen LogP contribution in [0.1, 0.15) is 6.92 Å². The van der Waals surface area contributed by atoms with Crippen LogP contribution in [0.15, 0.2) is 29.5 Å². The second-order valence-corrected chi connectivity index (χ2v) is 2.47. The van der Waals surface area contributed by atoms with Crippen LogP contribution in [-0.4, -0.2) is 17.6 Å². The average molecular weight is 163 g/mol. The van der Waals surface area contributed by atoms with Crippen molar-refractivity contribution in [2.24, 2.45) is 4.99 Å². The van der Waals surface area contributed by atoms with Crippen molar-refractivity contribution in [3.8, 4) is 0 Å². The van der Waals surface area contributed by atoms with E-state index in [0.717, 1.165) is 11.5 Å². The quantitative estimate of drug-likeness (QED) is 0.624. The zero-order valence-corrected chi connectivity index (χ0v) is 6.77. The van der Waals surface area contributed by atoms with Crippen molar-refractivity contribution in [2.45, 2.75) is 6.92 Å². The minimum absolute atomic E-state index is 0.403. The highest BCUT2D eigenvalue weighted by atomic mass is 16.7. The monoisotopic (exact) mass is 163 g/mol. The SMILES string of the molecule is CC1=NCON1c1cccnc1. The van der Waals surface area contributed by atoms with Crippen molar-refractivity contribution in [1.29, 1.82) is 0 Å². The molecule has 1 aliphatic rings. The number of rotatable bonds is 1. The Kier molecular flexibility index (Phi) is 1.75. The maximum atomic E-state index is 5.24. The van der Waals surface area contributed by atoms with Crippen LogP contribution in [0.2, 0.25) is 0 Å². The molecule has 12 heavy (non-hydrogen) atoms. The first-order valence-corrected chi connectivity index (χ1v) is 3.72. The molecular formula is C8H9N3O. The van der Waals surface area contributed by atoms with Gasteiger partial charge in [-0.15, -0.1) is 0 Å². The predicted octanol–water partition coefficient (Wildman–Crippen LogP) is 1.21. The van der Waals surface area contributed by atoms with E-state index in [1.54, 1.807) is 17.5 Å². The van der Waals surface area contributed by atoms with E-state index in [0.29, 0.717) is 6.73 Å². The lowest BCUT2D eigenvalue weighted by molar-refractivity contribution is 0.172. The van der Waals surface area contributed by atoms with E-state index < -0.39 is 0 Å². The van der Waals surface area contributed by atoms with Crippen LogP contribution < -0.4 is 5.06 Å². The van der Waals surface area contributed by atoms with Crippen LogP contribution in [0, 0.1) is 0 Å². The number of aliphatic imine (C=N–C) groups is 1. The molecule has 0 radical (unpaired) electrons. The molecule has 0 saturated heterocycles. The lowest BCUT2D eigenvalue weighted by atomic mass is 10.4. The first kappa shape index (κ1) is 7.24. The number of amidine groups is 1.